The predicted molar refractivity (Wildman–Crippen MR) is 142 cm³/mol. The molecule has 0 unspecified atom stereocenters. The third-order valence-electron chi connectivity index (χ3n) is 5.29. The quantitative estimate of drug-likeness (QED) is 0.204. The Morgan fingerprint density at radius 2 is 1.64 bits per heavy atom. The number of para-hydroxylation sites is 1. The molecule has 0 saturated carbocycles. The zero-order valence-corrected chi connectivity index (χ0v) is 20.5. The Labute approximate surface area is 219 Å². The van der Waals surface area contributed by atoms with E-state index in [2.05, 4.69) is 5.32 Å². The van der Waals surface area contributed by atoms with Gasteiger partial charge in [-0.25, -0.2) is 0 Å². The highest BCUT2D eigenvalue weighted by Crippen LogP contribution is 2.29. The molecule has 1 aromatic heterocycles. The van der Waals surface area contributed by atoms with Crippen molar-refractivity contribution in [1.82, 2.24) is 5.32 Å². The minimum Gasteiger partial charge on any atom is -0.462 e. The number of thiocarbonyl (C=S) groups is 1. The molecule has 36 heavy (non-hydrogen) atoms. The highest BCUT2D eigenvalue weighted by molar-refractivity contribution is 7.80. The van der Waals surface area contributed by atoms with Gasteiger partial charge < -0.3 is 9.15 Å². The second-order valence-corrected chi connectivity index (χ2v) is 8.88. The fourth-order valence-electron chi connectivity index (χ4n) is 3.62. The first-order valence-corrected chi connectivity index (χ1v) is 11.6. The molecule has 0 bridgehead atoms. The monoisotopic (exact) mass is 536 g/mol. The Morgan fingerprint density at radius 1 is 0.944 bits per heavy atom. The highest BCUT2D eigenvalue weighted by Gasteiger charge is 2.34. The summed E-state index contributed by atoms with van der Waals surface area (Å²) >= 11 is 17.4. The molecule has 2 heterocycles. The van der Waals surface area contributed by atoms with Crippen LogP contribution >= 0.6 is 35.4 Å². The number of rotatable bonds is 4. The van der Waals surface area contributed by atoms with Crippen LogP contribution in [0.1, 0.15) is 5.56 Å². The lowest BCUT2D eigenvalue weighted by Gasteiger charge is -2.29. The van der Waals surface area contributed by atoms with Crippen LogP contribution in [0.4, 0.5) is 5.69 Å². The van der Waals surface area contributed by atoms with E-state index in [-0.39, 0.29) is 37.3 Å². The summed E-state index contributed by atoms with van der Waals surface area (Å²) in [5.41, 5.74) is -0.281. The molecule has 5 rings (SSSR count). The molecule has 0 atom stereocenters. The van der Waals surface area contributed by atoms with Crippen LogP contribution in [0, 0.1) is 0 Å². The minimum atomic E-state index is -0.742. The summed E-state index contributed by atoms with van der Waals surface area (Å²) in [5.74, 6) is -0.242. The van der Waals surface area contributed by atoms with Gasteiger partial charge in [-0.15, -0.1) is 0 Å². The van der Waals surface area contributed by atoms with E-state index < -0.39 is 17.2 Å². The standard InChI is InChI=1S/C26H14Cl2N2O5S/c27-15-11-19-22(31)14(13-34-23(19)21(28)12-15)10-20-24(32)29-26(36)30(25(20)33)16-6-8-18(9-7-16)35-17-4-2-1-3-5-17/h1-13H,(H,29,32,36)/b20-10+. The fraction of sp³-hybridized carbons (Fsp3) is 0. The van der Waals surface area contributed by atoms with Gasteiger partial charge in [-0.1, -0.05) is 41.4 Å². The molecule has 7 nitrogen and oxygen atoms in total. The van der Waals surface area contributed by atoms with Gasteiger partial charge >= 0.3 is 0 Å². The Hall–Kier alpha value is -3.98. The number of anilines is 1. The van der Waals surface area contributed by atoms with Crippen molar-refractivity contribution in [2.75, 3.05) is 4.90 Å². The van der Waals surface area contributed by atoms with Gasteiger partial charge in [0.25, 0.3) is 11.8 Å². The largest absolute Gasteiger partial charge is 0.462 e. The summed E-state index contributed by atoms with van der Waals surface area (Å²) in [6.07, 6.45) is 2.28. The Kier molecular flexibility index (Phi) is 6.32. The number of ether oxygens (including phenoxy) is 1. The van der Waals surface area contributed by atoms with Crippen LogP contribution in [0.3, 0.4) is 0 Å². The number of nitrogens with one attached hydrogen (secondary N) is 1. The van der Waals surface area contributed by atoms with Gasteiger partial charge in [-0.3, -0.25) is 24.6 Å². The lowest BCUT2D eigenvalue weighted by atomic mass is 10.1. The summed E-state index contributed by atoms with van der Waals surface area (Å²) in [7, 11) is 0. The van der Waals surface area contributed by atoms with Crippen molar-refractivity contribution in [1.29, 1.82) is 0 Å². The van der Waals surface area contributed by atoms with Crippen molar-refractivity contribution in [3.05, 3.63) is 104 Å². The molecule has 1 fully saturated rings. The number of amides is 2. The lowest BCUT2D eigenvalue weighted by molar-refractivity contribution is -0.122. The van der Waals surface area contributed by atoms with Crippen LogP contribution in [0.5, 0.6) is 11.5 Å². The van der Waals surface area contributed by atoms with Crippen molar-refractivity contribution in [2.45, 2.75) is 0 Å². The van der Waals surface area contributed by atoms with Crippen LogP contribution in [0.2, 0.25) is 10.0 Å². The third kappa shape index (κ3) is 4.49. The minimum absolute atomic E-state index is 0.0290. The van der Waals surface area contributed by atoms with Gasteiger partial charge in [-0.05, 0) is 66.8 Å². The average Bonchev–Trinajstić information content (AvgIpc) is 2.85. The number of carbonyl (C=O) groups excluding carboxylic acids is 2. The summed E-state index contributed by atoms with van der Waals surface area (Å²) < 4.78 is 11.3. The Balaban J connectivity index is 1.48. The first kappa shape index (κ1) is 23.7. The SMILES string of the molecule is O=C1NC(=S)N(c2ccc(Oc3ccccc3)cc2)C(=O)/C1=C/c1coc2c(Cl)cc(Cl)cc2c1=O. The van der Waals surface area contributed by atoms with E-state index in [4.69, 9.17) is 44.6 Å². The maximum absolute atomic E-state index is 13.3. The molecular formula is C26H14Cl2N2O5S. The molecule has 10 heteroatoms. The Morgan fingerprint density at radius 3 is 2.36 bits per heavy atom. The molecule has 1 saturated heterocycles. The molecule has 0 spiro atoms. The average molecular weight is 537 g/mol. The zero-order valence-electron chi connectivity index (χ0n) is 18.2. The highest BCUT2D eigenvalue weighted by atomic mass is 35.5. The molecule has 2 amide bonds. The van der Waals surface area contributed by atoms with E-state index in [0.717, 1.165) is 17.2 Å². The lowest BCUT2D eigenvalue weighted by Crippen LogP contribution is -2.54. The molecule has 4 aromatic rings. The number of hydrogen-bond acceptors (Lipinski definition) is 6. The number of benzene rings is 3. The number of halogens is 2. The second kappa shape index (κ2) is 9.58. The molecule has 1 N–H and O–H groups in total. The van der Waals surface area contributed by atoms with E-state index in [9.17, 15) is 14.4 Å². The summed E-state index contributed by atoms with van der Waals surface area (Å²) in [6, 6.07) is 18.7. The summed E-state index contributed by atoms with van der Waals surface area (Å²) in [6.45, 7) is 0. The normalized spacial score (nSPS) is 14.9. The fourth-order valence-corrected chi connectivity index (χ4v) is 4.43. The predicted octanol–water partition coefficient (Wildman–Crippen LogP) is 5.72. The Bertz CT molecular complexity index is 1630. The van der Waals surface area contributed by atoms with Gasteiger partial charge in [0.2, 0.25) is 0 Å². The van der Waals surface area contributed by atoms with E-state index in [1.165, 1.54) is 12.1 Å². The van der Waals surface area contributed by atoms with Crippen LogP contribution in [-0.2, 0) is 9.59 Å². The molecule has 178 valence electrons. The van der Waals surface area contributed by atoms with Crippen molar-refractivity contribution >= 4 is 75.1 Å². The van der Waals surface area contributed by atoms with Crippen LogP contribution in [-0.4, -0.2) is 16.9 Å². The zero-order chi connectivity index (χ0) is 25.4. The molecule has 3 aromatic carbocycles. The van der Waals surface area contributed by atoms with Gasteiger partial charge in [0, 0.05) is 5.02 Å². The van der Waals surface area contributed by atoms with Gasteiger partial charge in [-0.2, -0.15) is 0 Å². The number of fused-ring (bicyclic) bond motifs is 1. The van der Waals surface area contributed by atoms with Crippen molar-refractivity contribution < 1.29 is 18.7 Å². The van der Waals surface area contributed by atoms with Crippen LogP contribution in [0.25, 0.3) is 17.0 Å². The van der Waals surface area contributed by atoms with Crippen molar-refractivity contribution in [2.24, 2.45) is 0 Å². The van der Waals surface area contributed by atoms with Gasteiger partial charge in [0.05, 0.1) is 21.7 Å². The number of hydrogen-bond donors (Lipinski definition) is 1. The van der Waals surface area contributed by atoms with E-state index >= 15 is 0 Å². The van der Waals surface area contributed by atoms with E-state index in [1.807, 2.05) is 30.3 Å². The van der Waals surface area contributed by atoms with Gasteiger partial charge in [0.15, 0.2) is 16.1 Å². The summed E-state index contributed by atoms with van der Waals surface area (Å²) in [4.78, 5) is 40.1. The summed E-state index contributed by atoms with van der Waals surface area (Å²) in [5, 5.41) is 2.91. The van der Waals surface area contributed by atoms with Gasteiger partial charge in [0.1, 0.15) is 23.3 Å². The van der Waals surface area contributed by atoms with Crippen LogP contribution < -0.4 is 20.4 Å². The maximum Gasteiger partial charge on any atom is 0.270 e. The maximum atomic E-state index is 13.3. The van der Waals surface area contributed by atoms with Crippen molar-refractivity contribution in [3.8, 4) is 11.5 Å². The molecule has 0 radical (unpaired) electrons. The van der Waals surface area contributed by atoms with Crippen molar-refractivity contribution in [3.63, 3.8) is 0 Å². The smallest absolute Gasteiger partial charge is 0.270 e. The topological polar surface area (TPSA) is 88.8 Å². The molecule has 1 aliphatic rings. The molecule has 1 aliphatic heterocycles. The van der Waals surface area contributed by atoms with E-state index in [0.29, 0.717) is 17.2 Å². The van der Waals surface area contributed by atoms with Crippen LogP contribution in [0.15, 0.2) is 87.8 Å². The second-order valence-electron chi connectivity index (χ2n) is 7.65. The molecule has 0 aliphatic carbocycles. The third-order valence-corrected chi connectivity index (χ3v) is 6.08. The first-order valence-electron chi connectivity index (χ1n) is 10.5. The van der Waals surface area contributed by atoms with E-state index in [1.54, 1.807) is 24.3 Å². The number of carbonyl (C=O) groups is 2. The number of nitrogens with zero attached hydrogens (tertiary/aromatic N) is 1. The first-order chi connectivity index (χ1) is 17.3. The molecular weight excluding hydrogens is 523 g/mol.